The lowest BCUT2D eigenvalue weighted by molar-refractivity contribution is 0.784. The Morgan fingerprint density at radius 2 is 2.07 bits per heavy atom. The number of aromatic nitrogens is 2. The first-order valence-electron chi connectivity index (χ1n) is 5.04. The predicted molar refractivity (Wildman–Crippen MR) is 67.4 cm³/mol. The monoisotopic (exact) mass is 220 g/mol. The smallest absolute Gasteiger partial charge is 0.0932 e. The van der Waals surface area contributed by atoms with Gasteiger partial charge in [0.2, 0.25) is 0 Å². The van der Waals surface area contributed by atoms with Crippen LogP contribution >= 0.6 is 11.8 Å². The van der Waals surface area contributed by atoms with Gasteiger partial charge >= 0.3 is 0 Å². The lowest BCUT2D eigenvalue weighted by Gasteiger charge is -2.25. The largest absolute Gasteiger partial charge is 0.345 e. The maximum Gasteiger partial charge on any atom is 0.0932 e. The van der Waals surface area contributed by atoms with Crippen molar-refractivity contribution in [2.75, 3.05) is 6.26 Å². The van der Waals surface area contributed by atoms with Gasteiger partial charge in [-0.1, -0.05) is 6.07 Å². The molecule has 0 unspecified atom stereocenters. The molecule has 0 aliphatic rings. The van der Waals surface area contributed by atoms with Gasteiger partial charge in [-0.05, 0) is 44.2 Å². The molecule has 3 heteroatoms. The van der Waals surface area contributed by atoms with Crippen LogP contribution in [-0.4, -0.2) is 16.2 Å². The molecular formula is C12H16N2S. The molecule has 0 saturated carbocycles. The molecule has 2 aromatic rings. The Morgan fingerprint density at radius 1 is 1.33 bits per heavy atom. The fourth-order valence-electron chi connectivity index (χ4n) is 1.97. The van der Waals surface area contributed by atoms with Crippen molar-refractivity contribution in [2.45, 2.75) is 25.5 Å². The summed E-state index contributed by atoms with van der Waals surface area (Å²) in [6, 6.07) is 4.26. The van der Waals surface area contributed by atoms with Crippen molar-refractivity contribution in [2.24, 2.45) is 0 Å². The molecule has 80 valence electrons. The van der Waals surface area contributed by atoms with E-state index in [2.05, 4.69) is 49.1 Å². The summed E-state index contributed by atoms with van der Waals surface area (Å²) < 4.78 is 0.110. The summed E-state index contributed by atoms with van der Waals surface area (Å²) in [7, 11) is 0. The highest BCUT2D eigenvalue weighted by molar-refractivity contribution is 7.99. The topological polar surface area (TPSA) is 28.7 Å². The maximum atomic E-state index is 4.42. The quantitative estimate of drug-likeness (QED) is 0.839. The number of nitrogens with zero attached hydrogens (tertiary/aromatic N) is 1. The van der Waals surface area contributed by atoms with E-state index in [1.807, 2.05) is 11.8 Å². The van der Waals surface area contributed by atoms with E-state index >= 15 is 0 Å². The fourth-order valence-corrected chi connectivity index (χ4v) is 2.43. The number of H-pyrrole nitrogens is 1. The van der Waals surface area contributed by atoms with E-state index < -0.39 is 0 Å². The second-order valence-electron chi connectivity index (χ2n) is 4.27. The molecule has 0 saturated heterocycles. The van der Waals surface area contributed by atoms with Gasteiger partial charge in [-0.2, -0.15) is 11.8 Å². The zero-order chi connectivity index (χ0) is 11.1. The molecular weight excluding hydrogens is 204 g/mol. The number of aromatic amines is 1. The van der Waals surface area contributed by atoms with Crippen LogP contribution in [0.5, 0.6) is 0 Å². The molecule has 15 heavy (non-hydrogen) atoms. The van der Waals surface area contributed by atoms with Gasteiger partial charge < -0.3 is 4.98 Å². The molecule has 1 aromatic carbocycles. The summed E-state index contributed by atoms with van der Waals surface area (Å²) in [5.41, 5.74) is 4.88. The van der Waals surface area contributed by atoms with Gasteiger partial charge in [-0.15, -0.1) is 0 Å². The van der Waals surface area contributed by atoms with E-state index in [0.29, 0.717) is 0 Å². The van der Waals surface area contributed by atoms with Crippen molar-refractivity contribution in [3.63, 3.8) is 0 Å². The average molecular weight is 220 g/mol. The second-order valence-corrected chi connectivity index (χ2v) is 5.70. The normalized spacial score (nSPS) is 12.3. The van der Waals surface area contributed by atoms with E-state index in [1.165, 1.54) is 11.1 Å². The number of aryl methyl sites for hydroxylation is 1. The van der Waals surface area contributed by atoms with Gasteiger partial charge in [-0.3, -0.25) is 0 Å². The highest BCUT2D eigenvalue weighted by Gasteiger charge is 2.24. The van der Waals surface area contributed by atoms with E-state index in [0.717, 1.165) is 11.0 Å². The third-order valence-corrected chi connectivity index (χ3v) is 4.14. The number of hydrogen-bond donors (Lipinski definition) is 1. The Bertz CT molecular complexity index is 485. The van der Waals surface area contributed by atoms with Crippen molar-refractivity contribution >= 4 is 22.8 Å². The number of thioether (sulfide) groups is 1. The molecule has 0 aliphatic carbocycles. The molecule has 1 N–H and O–H groups in total. The van der Waals surface area contributed by atoms with E-state index in [-0.39, 0.29) is 4.75 Å². The number of imidazole rings is 1. The van der Waals surface area contributed by atoms with Crippen molar-refractivity contribution in [3.05, 3.63) is 29.6 Å². The number of nitrogens with one attached hydrogen (secondary N) is 1. The van der Waals surface area contributed by atoms with Crippen LogP contribution in [0.2, 0.25) is 0 Å². The van der Waals surface area contributed by atoms with Crippen molar-refractivity contribution in [3.8, 4) is 0 Å². The lowest BCUT2D eigenvalue weighted by atomic mass is 9.95. The third-order valence-electron chi connectivity index (χ3n) is 2.91. The summed E-state index contributed by atoms with van der Waals surface area (Å²) in [6.07, 6.45) is 3.91. The van der Waals surface area contributed by atoms with E-state index in [4.69, 9.17) is 0 Å². The standard InChI is InChI=1S/C12H16N2S/c1-8-5-6-9-11(14-7-13-9)10(8)12(2,3)15-4/h5-7H,1-4H3,(H,13,14). The Hall–Kier alpha value is -0.960. The lowest BCUT2D eigenvalue weighted by Crippen LogP contribution is -2.13. The van der Waals surface area contributed by atoms with Crippen LogP contribution in [-0.2, 0) is 4.75 Å². The molecule has 0 spiro atoms. The summed E-state index contributed by atoms with van der Waals surface area (Å²) >= 11 is 1.86. The van der Waals surface area contributed by atoms with Crippen LogP contribution in [0.25, 0.3) is 11.0 Å². The highest BCUT2D eigenvalue weighted by Crippen LogP contribution is 2.38. The molecule has 2 nitrogen and oxygen atoms in total. The van der Waals surface area contributed by atoms with Crippen LogP contribution in [0.15, 0.2) is 18.5 Å². The highest BCUT2D eigenvalue weighted by atomic mass is 32.2. The number of hydrogen-bond acceptors (Lipinski definition) is 2. The zero-order valence-corrected chi connectivity index (χ0v) is 10.4. The Kier molecular flexibility index (Phi) is 2.51. The van der Waals surface area contributed by atoms with Crippen LogP contribution in [0.3, 0.4) is 0 Å². The zero-order valence-electron chi connectivity index (χ0n) is 9.59. The van der Waals surface area contributed by atoms with E-state index in [1.54, 1.807) is 6.33 Å². The van der Waals surface area contributed by atoms with E-state index in [9.17, 15) is 0 Å². The Morgan fingerprint density at radius 3 is 2.73 bits per heavy atom. The molecule has 1 heterocycles. The van der Waals surface area contributed by atoms with Crippen LogP contribution in [0.1, 0.15) is 25.0 Å². The minimum Gasteiger partial charge on any atom is -0.345 e. The summed E-state index contributed by atoms with van der Waals surface area (Å²) in [5, 5.41) is 0. The molecule has 0 fully saturated rings. The summed E-state index contributed by atoms with van der Waals surface area (Å²) in [4.78, 5) is 7.59. The van der Waals surface area contributed by atoms with Gasteiger partial charge in [0.05, 0.1) is 17.4 Å². The van der Waals surface area contributed by atoms with Crippen LogP contribution in [0, 0.1) is 6.92 Å². The van der Waals surface area contributed by atoms with Crippen LogP contribution in [0.4, 0.5) is 0 Å². The summed E-state index contributed by atoms with van der Waals surface area (Å²) in [6.45, 7) is 6.64. The first kappa shape index (κ1) is 10.6. The fraction of sp³-hybridized carbons (Fsp3) is 0.417. The predicted octanol–water partition coefficient (Wildman–Crippen LogP) is 3.47. The second kappa shape index (κ2) is 3.56. The van der Waals surface area contributed by atoms with Gasteiger partial charge in [0.1, 0.15) is 0 Å². The average Bonchev–Trinajstić information content (AvgIpc) is 2.64. The number of rotatable bonds is 2. The van der Waals surface area contributed by atoms with Crippen LogP contribution < -0.4 is 0 Å². The van der Waals surface area contributed by atoms with Crippen molar-refractivity contribution in [1.29, 1.82) is 0 Å². The molecule has 0 radical (unpaired) electrons. The Balaban J connectivity index is 2.77. The molecule has 0 bridgehead atoms. The van der Waals surface area contributed by atoms with Gasteiger partial charge in [0.25, 0.3) is 0 Å². The molecule has 0 aliphatic heterocycles. The number of benzene rings is 1. The number of fused-ring (bicyclic) bond motifs is 1. The summed E-state index contributed by atoms with van der Waals surface area (Å²) in [5.74, 6) is 0. The minimum atomic E-state index is 0.110. The molecule has 0 atom stereocenters. The molecule has 2 rings (SSSR count). The third kappa shape index (κ3) is 1.65. The Labute approximate surface area is 94.5 Å². The van der Waals surface area contributed by atoms with Crippen molar-refractivity contribution < 1.29 is 0 Å². The van der Waals surface area contributed by atoms with Crippen molar-refractivity contribution in [1.82, 2.24) is 9.97 Å². The first-order valence-corrected chi connectivity index (χ1v) is 6.27. The molecule has 0 amide bonds. The first-order chi connectivity index (χ1) is 7.06. The van der Waals surface area contributed by atoms with Gasteiger partial charge in [0.15, 0.2) is 0 Å². The molecule has 1 aromatic heterocycles. The van der Waals surface area contributed by atoms with Gasteiger partial charge in [0, 0.05) is 4.75 Å². The maximum absolute atomic E-state index is 4.42. The minimum absolute atomic E-state index is 0.110. The SMILES string of the molecule is CSC(C)(C)c1c(C)ccc2[nH]cnc12. The van der Waals surface area contributed by atoms with Gasteiger partial charge in [-0.25, -0.2) is 4.98 Å².